The third-order valence-electron chi connectivity index (χ3n) is 2.62. The largest absolute Gasteiger partial charge is 0.433 e. The number of furan rings is 1. The number of nitro groups is 1. The Morgan fingerprint density at radius 3 is 2.95 bits per heavy atom. The summed E-state index contributed by atoms with van der Waals surface area (Å²) in [4.78, 5) is 9.92. The second kappa shape index (κ2) is 6.10. The van der Waals surface area contributed by atoms with Gasteiger partial charge in [0.2, 0.25) is 0 Å². The Bertz CT molecular complexity index is 548. The highest BCUT2D eigenvalue weighted by Crippen LogP contribution is 2.16. The molecule has 2 N–H and O–H groups in total. The maximum absolute atomic E-state index is 10.5. The van der Waals surface area contributed by atoms with Crippen molar-refractivity contribution in [2.24, 2.45) is 5.73 Å². The zero-order valence-electron chi connectivity index (χ0n) is 10.4. The maximum Gasteiger partial charge on any atom is 0.433 e. The highest BCUT2D eigenvalue weighted by atomic mass is 16.6. The Labute approximate surface area is 109 Å². The van der Waals surface area contributed by atoms with Crippen LogP contribution in [0.3, 0.4) is 0 Å². The van der Waals surface area contributed by atoms with Gasteiger partial charge >= 0.3 is 5.88 Å². The van der Waals surface area contributed by atoms with Gasteiger partial charge in [-0.1, -0.05) is 5.21 Å². The molecule has 2 heterocycles. The number of nitrogens with zero attached hydrogens (tertiary/aromatic N) is 4. The van der Waals surface area contributed by atoms with Gasteiger partial charge in [-0.2, -0.15) is 0 Å². The molecule has 0 spiro atoms. The molecule has 0 amide bonds. The van der Waals surface area contributed by atoms with Crippen LogP contribution >= 0.6 is 0 Å². The first-order valence-electron chi connectivity index (χ1n) is 6.01. The Hall–Kier alpha value is -2.22. The van der Waals surface area contributed by atoms with E-state index >= 15 is 0 Å². The van der Waals surface area contributed by atoms with Crippen molar-refractivity contribution in [3.63, 3.8) is 0 Å². The maximum atomic E-state index is 10.5. The van der Waals surface area contributed by atoms with Gasteiger partial charge in [-0.25, -0.2) is 4.68 Å². The molecule has 2 aromatic rings. The fourth-order valence-corrected chi connectivity index (χ4v) is 1.69. The Morgan fingerprint density at radius 2 is 2.26 bits per heavy atom. The highest BCUT2D eigenvalue weighted by molar-refractivity contribution is 5.17. The van der Waals surface area contributed by atoms with Gasteiger partial charge in [0.05, 0.1) is 11.8 Å². The molecule has 8 nitrogen and oxygen atoms in total. The average molecular weight is 265 g/mol. The summed E-state index contributed by atoms with van der Waals surface area (Å²) >= 11 is 0. The fourth-order valence-electron chi connectivity index (χ4n) is 1.69. The SMILES string of the molecule is NCCCCc1cn(Cc2ccc([N+](=O)[O-])o2)nn1. The molecule has 0 aliphatic carbocycles. The molecule has 2 rings (SSSR count). The molecule has 0 fully saturated rings. The van der Waals surface area contributed by atoms with E-state index in [1.807, 2.05) is 6.20 Å². The summed E-state index contributed by atoms with van der Waals surface area (Å²) in [5.41, 5.74) is 6.30. The van der Waals surface area contributed by atoms with E-state index in [2.05, 4.69) is 10.3 Å². The highest BCUT2D eigenvalue weighted by Gasteiger charge is 2.12. The van der Waals surface area contributed by atoms with Crippen molar-refractivity contribution in [2.75, 3.05) is 6.54 Å². The van der Waals surface area contributed by atoms with Gasteiger partial charge in [0, 0.05) is 6.20 Å². The van der Waals surface area contributed by atoms with Gasteiger partial charge in [-0.15, -0.1) is 5.10 Å². The summed E-state index contributed by atoms with van der Waals surface area (Å²) in [6.07, 6.45) is 4.57. The average Bonchev–Trinajstić information content (AvgIpc) is 3.00. The minimum atomic E-state index is -0.566. The summed E-state index contributed by atoms with van der Waals surface area (Å²) in [6, 6.07) is 2.89. The summed E-state index contributed by atoms with van der Waals surface area (Å²) < 4.78 is 6.65. The Morgan fingerprint density at radius 1 is 1.42 bits per heavy atom. The van der Waals surface area contributed by atoms with Crippen molar-refractivity contribution >= 4 is 5.88 Å². The second-order valence-corrected chi connectivity index (χ2v) is 4.15. The lowest BCUT2D eigenvalue weighted by Gasteiger charge is -1.95. The molecule has 0 atom stereocenters. The Kier molecular flexibility index (Phi) is 4.24. The van der Waals surface area contributed by atoms with Gasteiger partial charge in [-0.3, -0.25) is 10.1 Å². The molecular weight excluding hydrogens is 250 g/mol. The van der Waals surface area contributed by atoms with Crippen molar-refractivity contribution in [3.05, 3.63) is 39.9 Å². The quantitative estimate of drug-likeness (QED) is 0.455. The zero-order chi connectivity index (χ0) is 13.7. The lowest BCUT2D eigenvalue weighted by Crippen LogP contribution is -1.99. The van der Waals surface area contributed by atoms with Crippen LogP contribution in [0.2, 0.25) is 0 Å². The molecule has 0 unspecified atom stereocenters. The van der Waals surface area contributed by atoms with E-state index in [1.54, 1.807) is 10.7 Å². The smallest absolute Gasteiger partial charge is 0.404 e. The number of rotatable bonds is 7. The minimum absolute atomic E-state index is 0.265. The van der Waals surface area contributed by atoms with Gasteiger partial charge in [0.1, 0.15) is 17.2 Å². The number of nitrogens with two attached hydrogens (primary N) is 1. The van der Waals surface area contributed by atoms with Crippen LogP contribution in [-0.4, -0.2) is 26.5 Å². The van der Waals surface area contributed by atoms with Crippen LogP contribution in [-0.2, 0) is 13.0 Å². The number of aryl methyl sites for hydroxylation is 1. The summed E-state index contributed by atoms with van der Waals surface area (Å²) in [5.74, 6) is 0.211. The number of unbranched alkanes of at least 4 members (excludes halogenated alkanes) is 1. The van der Waals surface area contributed by atoms with E-state index in [0.717, 1.165) is 25.0 Å². The molecule has 0 saturated carbocycles. The third-order valence-corrected chi connectivity index (χ3v) is 2.62. The fraction of sp³-hybridized carbons (Fsp3) is 0.455. The van der Waals surface area contributed by atoms with Crippen molar-refractivity contribution in [2.45, 2.75) is 25.8 Å². The van der Waals surface area contributed by atoms with Crippen LogP contribution in [0.5, 0.6) is 0 Å². The normalized spacial score (nSPS) is 10.8. The molecule has 0 saturated heterocycles. The van der Waals surface area contributed by atoms with Gasteiger partial charge in [0.25, 0.3) is 0 Å². The summed E-state index contributed by atoms with van der Waals surface area (Å²) in [6.45, 7) is 1.00. The molecular formula is C11H15N5O3. The molecule has 0 bridgehead atoms. The minimum Gasteiger partial charge on any atom is -0.404 e. The predicted molar refractivity (Wildman–Crippen MR) is 66.5 cm³/mol. The van der Waals surface area contributed by atoms with E-state index in [0.29, 0.717) is 18.8 Å². The molecule has 19 heavy (non-hydrogen) atoms. The first kappa shape index (κ1) is 13.2. The van der Waals surface area contributed by atoms with Crippen LogP contribution in [0.4, 0.5) is 5.88 Å². The monoisotopic (exact) mass is 265 g/mol. The van der Waals surface area contributed by atoms with E-state index in [-0.39, 0.29) is 5.88 Å². The van der Waals surface area contributed by atoms with Gasteiger partial charge in [-0.05, 0) is 31.9 Å². The van der Waals surface area contributed by atoms with Gasteiger partial charge < -0.3 is 10.2 Å². The molecule has 8 heteroatoms. The first-order valence-corrected chi connectivity index (χ1v) is 6.01. The van der Waals surface area contributed by atoms with Crippen LogP contribution in [0.15, 0.2) is 22.7 Å². The molecule has 0 aliphatic rings. The van der Waals surface area contributed by atoms with Crippen molar-refractivity contribution in [1.82, 2.24) is 15.0 Å². The number of aromatic nitrogens is 3. The van der Waals surface area contributed by atoms with Crippen LogP contribution in [0, 0.1) is 10.1 Å². The first-order chi connectivity index (χ1) is 9.19. The molecule has 2 aromatic heterocycles. The van der Waals surface area contributed by atoms with Crippen molar-refractivity contribution in [1.29, 1.82) is 0 Å². The van der Waals surface area contributed by atoms with E-state index in [9.17, 15) is 10.1 Å². The standard InChI is InChI=1S/C11H15N5O3/c12-6-2-1-3-9-7-15(14-13-9)8-10-4-5-11(19-10)16(17)18/h4-5,7H,1-3,6,8,12H2. The van der Waals surface area contributed by atoms with Gasteiger partial charge in [0.15, 0.2) is 0 Å². The third kappa shape index (κ3) is 3.62. The van der Waals surface area contributed by atoms with Crippen molar-refractivity contribution < 1.29 is 9.34 Å². The number of hydrogen-bond acceptors (Lipinski definition) is 6. The number of hydrogen-bond donors (Lipinski definition) is 1. The summed E-state index contributed by atoms with van der Waals surface area (Å²) in [5, 5.41) is 18.5. The van der Waals surface area contributed by atoms with E-state index in [1.165, 1.54) is 6.07 Å². The van der Waals surface area contributed by atoms with Crippen LogP contribution in [0.1, 0.15) is 24.3 Å². The van der Waals surface area contributed by atoms with Crippen LogP contribution in [0.25, 0.3) is 0 Å². The second-order valence-electron chi connectivity index (χ2n) is 4.15. The van der Waals surface area contributed by atoms with Crippen molar-refractivity contribution in [3.8, 4) is 0 Å². The predicted octanol–water partition coefficient (Wildman–Crippen LogP) is 1.11. The molecule has 0 aliphatic heterocycles. The molecule has 102 valence electrons. The zero-order valence-corrected chi connectivity index (χ0v) is 10.4. The lowest BCUT2D eigenvalue weighted by atomic mass is 10.2. The van der Waals surface area contributed by atoms with E-state index < -0.39 is 4.92 Å². The van der Waals surface area contributed by atoms with E-state index in [4.69, 9.17) is 10.2 Å². The molecule has 0 radical (unpaired) electrons. The lowest BCUT2D eigenvalue weighted by molar-refractivity contribution is -0.402. The van der Waals surface area contributed by atoms with Crippen LogP contribution < -0.4 is 5.73 Å². The summed E-state index contributed by atoms with van der Waals surface area (Å²) in [7, 11) is 0. The molecule has 0 aromatic carbocycles. The Balaban J connectivity index is 1.93. The topological polar surface area (TPSA) is 113 Å².